The van der Waals surface area contributed by atoms with Gasteiger partial charge in [0.25, 0.3) is 5.91 Å². The Morgan fingerprint density at radius 3 is 2.29 bits per heavy atom. The largest absolute Gasteiger partial charge is 0.465 e. The number of amides is 1. The van der Waals surface area contributed by atoms with Crippen LogP contribution in [0.15, 0.2) is 48.5 Å². The molecule has 1 heterocycles. The van der Waals surface area contributed by atoms with E-state index in [0.29, 0.717) is 23.4 Å². The van der Waals surface area contributed by atoms with Crippen molar-refractivity contribution in [3.05, 3.63) is 82.2 Å². The highest BCUT2D eigenvalue weighted by atomic mass is 16.5. The summed E-state index contributed by atoms with van der Waals surface area (Å²) in [6.45, 7) is 6.51. The fourth-order valence-electron chi connectivity index (χ4n) is 2.97. The van der Waals surface area contributed by atoms with Crippen LogP contribution in [0.1, 0.15) is 43.2 Å². The molecule has 144 valence electrons. The van der Waals surface area contributed by atoms with Gasteiger partial charge >= 0.3 is 5.97 Å². The van der Waals surface area contributed by atoms with Gasteiger partial charge in [-0.15, -0.1) is 0 Å². The lowest BCUT2D eigenvalue weighted by molar-refractivity contribution is 0.0600. The molecule has 3 rings (SSSR count). The summed E-state index contributed by atoms with van der Waals surface area (Å²) >= 11 is 0. The van der Waals surface area contributed by atoms with Gasteiger partial charge in [0.15, 0.2) is 0 Å². The van der Waals surface area contributed by atoms with E-state index in [1.54, 1.807) is 30.3 Å². The van der Waals surface area contributed by atoms with Crippen LogP contribution in [0.5, 0.6) is 0 Å². The zero-order valence-electron chi connectivity index (χ0n) is 16.4. The molecule has 0 spiro atoms. The number of hydrogen-bond acceptors (Lipinski definition) is 4. The Morgan fingerprint density at radius 1 is 1.00 bits per heavy atom. The molecular weight excluding hydrogens is 354 g/mol. The number of carbonyl (C=O) groups excluding carboxylic acids is 2. The average molecular weight is 377 g/mol. The molecule has 3 aromatic rings. The van der Waals surface area contributed by atoms with Gasteiger partial charge in [0.2, 0.25) is 0 Å². The van der Waals surface area contributed by atoms with E-state index >= 15 is 0 Å². The number of methoxy groups -OCH3 is 1. The Labute approximate surface area is 164 Å². The number of esters is 1. The molecule has 0 radical (unpaired) electrons. The minimum atomic E-state index is -0.441. The Bertz CT molecular complexity index is 1020. The van der Waals surface area contributed by atoms with Crippen molar-refractivity contribution >= 4 is 17.6 Å². The summed E-state index contributed by atoms with van der Waals surface area (Å²) in [5.41, 5.74) is 5.52. The van der Waals surface area contributed by atoms with Crippen LogP contribution in [0.3, 0.4) is 0 Å². The first-order chi connectivity index (χ1) is 13.4. The van der Waals surface area contributed by atoms with Gasteiger partial charge in [0.05, 0.1) is 24.9 Å². The Morgan fingerprint density at radius 2 is 1.68 bits per heavy atom. The second-order valence-corrected chi connectivity index (χ2v) is 6.76. The van der Waals surface area contributed by atoms with E-state index in [2.05, 4.69) is 10.4 Å². The highest BCUT2D eigenvalue weighted by Crippen LogP contribution is 2.19. The highest BCUT2D eigenvalue weighted by molar-refractivity contribution is 6.05. The van der Waals surface area contributed by atoms with Crippen LogP contribution in [-0.4, -0.2) is 28.8 Å². The van der Waals surface area contributed by atoms with E-state index in [0.717, 1.165) is 22.5 Å². The molecule has 6 nitrogen and oxygen atoms in total. The minimum Gasteiger partial charge on any atom is -0.465 e. The van der Waals surface area contributed by atoms with E-state index in [9.17, 15) is 9.59 Å². The standard InChI is InChI=1S/C22H23N3O3/c1-14-5-8-19(22(27)28-4)12-20(14)23-21(26)18-9-6-17(7-10-18)13-25-16(3)11-15(2)24-25/h5-12H,13H2,1-4H3,(H,23,26). The monoisotopic (exact) mass is 377 g/mol. The van der Waals surface area contributed by atoms with Crippen LogP contribution < -0.4 is 5.32 Å². The number of nitrogens with one attached hydrogen (secondary N) is 1. The second kappa shape index (κ2) is 8.08. The van der Waals surface area contributed by atoms with Crippen LogP contribution in [0.4, 0.5) is 5.69 Å². The van der Waals surface area contributed by atoms with Crippen LogP contribution in [0, 0.1) is 20.8 Å². The summed E-state index contributed by atoms with van der Waals surface area (Å²) in [6.07, 6.45) is 0. The maximum Gasteiger partial charge on any atom is 0.337 e. The van der Waals surface area contributed by atoms with Crippen molar-refractivity contribution in [2.45, 2.75) is 27.3 Å². The van der Waals surface area contributed by atoms with Crippen molar-refractivity contribution in [1.82, 2.24) is 9.78 Å². The summed E-state index contributed by atoms with van der Waals surface area (Å²) in [4.78, 5) is 24.3. The predicted octanol–water partition coefficient (Wildman–Crippen LogP) is 3.90. The molecule has 0 aliphatic carbocycles. The van der Waals surface area contributed by atoms with Gasteiger partial charge in [-0.05, 0) is 62.2 Å². The normalized spacial score (nSPS) is 10.6. The summed E-state index contributed by atoms with van der Waals surface area (Å²) < 4.78 is 6.67. The van der Waals surface area contributed by atoms with Gasteiger partial charge in [-0.25, -0.2) is 4.79 Å². The summed E-state index contributed by atoms with van der Waals surface area (Å²) in [7, 11) is 1.33. The number of hydrogen-bond donors (Lipinski definition) is 1. The molecule has 2 aromatic carbocycles. The highest BCUT2D eigenvalue weighted by Gasteiger charge is 2.12. The minimum absolute atomic E-state index is 0.234. The topological polar surface area (TPSA) is 73.2 Å². The first kappa shape index (κ1) is 19.4. The molecule has 1 amide bonds. The zero-order chi connectivity index (χ0) is 20.3. The molecule has 0 saturated carbocycles. The average Bonchev–Trinajstić information content (AvgIpc) is 3.00. The lowest BCUT2D eigenvalue weighted by atomic mass is 10.1. The smallest absolute Gasteiger partial charge is 0.337 e. The van der Waals surface area contributed by atoms with E-state index in [1.807, 2.05) is 43.7 Å². The van der Waals surface area contributed by atoms with Crippen LogP contribution >= 0.6 is 0 Å². The molecule has 0 aliphatic heterocycles. The second-order valence-electron chi connectivity index (χ2n) is 6.76. The Balaban J connectivity index is 1.73. The number of ether oxygens (including phenoxy) is 1. The zero-order valence-corrected chi connectivity index (χ0v) is 16.4. The molecular formula is C22H23N3O3. The molecule has 0 bridgehead atoms. The van der Waals surface area contributed by atoms with Gasteiger partial charge in [-0.2, -0.15) is 5.10 Å². The molecule has 0 saturated heterocycles. The number of nitrogens with zero attached hydrogens (tertiary/aromatic N) is 2. The first-order valence-corrected chi connectivity index (χ1v) is 8.97. The van der Waals surface area contributed by atoms with Crippen molar-refractivity contribution in [2.75, 3.05) is 12.4 Å². The lowest BCUT2D eigenvalue weighted by Crippen LogP contribution is -2.14. The van der Waals surface area contributed by atoms with Crippen molar-refractivity contribution in [2.24, 2.45) is 0 Å². The number of benzene rings is 2. The van der Waals surface area contributed by atoms with Crippen molar-refractivity contribution in [1.29, 1.82) is 0 Å². The maximum atomic E-state index is 12.6. The fraction of sp³-hybridized carbons (Fsp3) is 0.227. The molecule has 0 atom stereocenters. The van der Waals surface area contributed by atoms with Crippen LogP contribution in [-0.2, 0) is 11.3 Å². The van der Waals surface area contributed by atoms with Gasteiger partial charge in [-0.1, -0.05) is 18.2 Å². The summed E-state index contributed by atoms with van der Waals surface area (Å²) in [5, 5.41) is 7.32. The molecule has 0 unspecified atom stereocenters. The van der Waals surface area contributed by atoms with E-state index in [-0.39, 0.29) is 5.91 Å². The van der Waals surface area contributed by atoms with E-state index < -0.39 is 5.97 Å². The molecule has 0 aliphatic rings. The van der Waals surface area contributed by atoms with Crippen molar-refractivity contribution in [3.63, 3.8) is 0 Å². The van der Waals surface area contributed by atoms with Gasteiger partial charge in [0.1, 0.15) is 0 Å². The maximum absolute atomic E-state index is 12.6. The summed E-state index contributed by atoms with van der Waals surface area (Å²) in [6, 6.07) is 14.5. The molecule has 6 heteroatoms. The predicted molar refractivity (Wildman–Crippen MR) is 108 cm³/mol. The third-order valence-electron chi connectivity index (χ3n) is 4.56. The molecule has 1 aromatic heterocycles. The molecule has 0 fully saturated rings. The lowest BCUT2D eigenvalue weighted by Gasteiger charge is -2.11. The SMILES string of the molecule is COC(=O)c1ccc(C)c(NC(=O)c2ccc(Cn3nc(C)cc3C)cc2)c1. The van der Waals surface area contributed by atoms with Crippen LogP contribution in [0.2, 0.25) is 0 Å². The van der Waals surface area contributed by atoms with Crippen molar-refractivity contribution in [3.8, 4) is 0 Å². The van der Waals surface area contributed by atoms with Gasteiger partial charge in [0, 0.05) is 16.9 Å². The van der Waals surface area contributed by atoms with Gasteiger partial charge in [-0.3, -0.25) is 9.48 Å². The third-order valence-corrected chi connectivity index (χ3v) is 4.56. The number of rotatable bonds is 5. The Kier molecular flexibility index (Phi) is 5.59. The number of aromatic nitrogens is 2. The van der Waals surface area contributed by atoms with Gasteiger partial charge < -0.3 is 10.1 Å². The molecule has 1 N–H and O–H groups in total. The molecule has 28 heavy (non-hydrogen) atoms. The quantitative estimate of drug-likeness (QED) is 0.685. The van der Waals surface area contributed by atoms with Crippen LogP contribution in [0.25, 0.3) is 0 Å². The van der Waals surface area contributed by atoms with E-state index in [4.69, 9.17) is 4.74 Å². The first-order valence-electron chi connectivity index (χ1n) is 8.97. The fourth-order valence-corrected chi connectivity index (χ4v) is 2.97. The van der Waals surface area contributed by atoms with E-state index in [1.165, 1.54) is 7.11 Å². The number of anilines is 1. The van der Waals surface area contributed by atoms with Crippen molar-refractivity contribution < 1.29 is 14.3 Å². The summed E-state index contributed by atoms with van der Waals surface area (Å²) in [5.74, 6) is -0.674. The Hall–Kier alpha value is -3.41. The number of carbonyl (C=O) groups is 2. The third kappa shape index (κ3) is 4.28. The number of aryl methyl sites for hydroxylation is 3.